The van der Waals surface area contributed by atoms with E-state index < -0.39 is 30.3 Å². The van der Waals surface area contributed by atoms with Crippen LogP contribution in [-0.4, -0.2) is 49.5 Å². The van der Waals surface area contributed by atoms with E-state index in [-0.39, 0.29) is 16.0 Å². The lowest BCUT2D eigenvalue weighted by Crippen LogP contribution is -2.42. The number of nitriles is 1. The summed E-state index contributed by atoms with van der Waals surface area (Å²) in [7, 11) is -7.25. The van der Waals surface area contributed by atoms with Crippen LogP contribution in [0.4, 0.5) is 5.69 Å². The summed E-state index contributed by atoms with van der Waals surface area (Å²) in [5.41, 5.74) is -0.629. The molecule has 0 N–H and O–H groups in total. The molecule has 2 aromatic carbocycles. The van der Waals surface area contributed by atoms with Crippen molar-refractivity contribution in [3.05, 3.63) is 64.2 Å². The first-order chi connectivity index (χ1) is 17.2. The Morgan fingerprint density at radius 1 is 1.05 bits per heavy atom. The summed E-state index contributed by atoms with van der Waals surface area (Å²) in [6.45, 7) is 11.8. The van der Waals surface area contributed by atoms with Gasteiger partial charge < -0.3 is 4.74 Å². The van der Waals surface area contributed by atoms with Gasteiger partial charge in [-0.15, -0.1) is 3.77 Å². The topological polar surface area (TPSA) is 138 Å². The fraction of sp³-hybridized carbons (Fsp3) is 0.480. The number of hydrogen-bond donors (Lipinski definition) is 0. The molecule has 2 aromatic rings. The average Bonchev–Trinajstić information content (AvgIpc) is 2.82. The van der Waals surface area contributed by atoms with E-state index in [4.69, 9.17) is 9.10 Å². The van der Waals surface area contributed by atoms with Crippen LogP contribution in [0.3, 0.4) is 0 Å². The predicted octanol–water partition coefficient (Wildman–Crippen LogP) is 5.20. The molecule has 1 atom stereocenters. The molecule has 200 valence electrons. The van der Waals surface area contributed by atoms with E-state index in [1.807, 2.05) is 18.2 Å². The van der Waals surface area contributed by atoms with Crippen LogP contribution in [-0.2, 0) is 24.6 Å². The van der Waals surface area contributed by atoms with Crippen molar-refractivity contribution in [2.75, 3.05) is 26.3 Å². The van der Waals surface area contributed by atoms with E-state index in [0.717, 1.165) is 12.1 Å². The predicted molar refractivity (Wildman–Crippen MR) is 142 cm³/mol. The number of hydrogen-bond acceptors (Lipinski definition) is 7. The van der Waals surface area contributed by atoms with Crippen molar-refractivity contribution in [3.63, 3.8) is 0 Å². The van der Waals surface area contributed by atoms with Gasteiger partial charge in [0.1, 0.15) is 0 Å². The van der Waals surface area contributed by atoms with E-state index in [0.29, 0.717) is 43.2 Å². The zero-order valence-electron chi connectivity index (χ0n) is 21.7. The van der Waals surface area contributed by atoms with Crippen LogP contribution in [0.25, 0.3) is 0 Å². The molecule has 0 aromatic heterocycles. The fourth-order valence-corrected chi connectivity index (χ4v) is 9.75. The fourth-order valence-electron chi connectivity index (χ4n) is 4.50. The molecule has 1 unspecified atom stereocenters. The second kappa shape index (κ2) is 10.9. The van der Waals surface area contributed by atoms with Gasteiger partial charge in [0.25, 0.3) is 15.7 Å². The number of ether oxygens (including phenoxy) is 1. The first kappa shape index (κ1) is 28.7. The summed E-state index contributed by atoms with van der Waals surface area (Å²) in [6.07, 6.45) is 0.657. The van der Waals surface area contributed by atoms with Crippen molar-refractivity contribution in [1.82, 2.24) is 4.31 Å². The quantitative estimate of drug-likeness (QED) is 0.343. The lowest BCUT2D eigenvalue weighted by molar-refractivity contribution is -0.384. The van der Waals surface area contributed by atoms with Gasteiger partial charge in [-0.3, -0.25) is 10.1 Å². The standard InChI is InChI=1S/C25H33N5O5S2/c1-24(2,3)19-25(4,5)27-36(29-13-15-35-16-14-29,23-8-6-7-20(17-23)18-26)28-37(33,34)22-11-9-21(10-12-22)30(31)32/h6-12,17H,13-16,19H2,1-5H3. The lowest BCUT2D eigenvalue weighted by atomic mass is 9.82. The summed E-state index contributed by atoms with van der Waals surface area (Å²) in [4.78, 5) is 10.9. The molecule has 10 nitrogen and oxygen atoms in total. The molecule has 12 heteroatoms. The molecule has 0 aliphatic carbocycles. The summed E-state index contributed by atoms with van der Waals surface area (Å²) in [5, 5.41) is 20.7. The van der Waals surface area contributed by atoms with Crippen molar-refractivity contribution in [3.8, 4) is 6.07 Å². The maximum Gasteiger partial charge on any atom is 0.290 e. The van der Waals surface area contributed by atoms with Crippen LogP contribution in [0.1, 0.15) is 46.6 Å². The van der Waals surface area contributed by atoms with Gasteiger partial charge in [-0.25, -0.2) is 8.67 Å². The molecular weight excluding hydrogens is 514 g/mol. The number of nitrogens with zero attached hydrogens (tertiary/aromatic N) is 5. The Labute approximate surface area is 219 Å². The molecule has 1 heterocycles. The first-order valence-electron chi connectivity index (χ1n) is 11.8. The van der Waals surface area contributed by atoms with E-state index in [1.165, 1.54) is 12.1 Å². The Morgan fingerprint density at radius 2 is 1.68 bits per heavy atom. The minimum atomic E-state index is -4.31. The molecule has 0 spiro atoms. The summed E-state index contributed by atoms with van der Waals surface area (Å²) in [6, 6.07) is 13.6. The van der Waals surface area contributed by atoms with Crippen molar-refractivity contribution < 1.29 is 18.1 Å². The summed E-state index contributed by atoms with van der Waals surface area (Å²) >= 11 is 0. The monoisotopic (exact) mass is 547 g/mol. The highest BCUT2D eigenvalue weighted by Gasteiger charge is 2.33. The van der Waals surface area contributed by atoms with Crippen LogP contribution in [0, 0.1) is 26.9 Å². The SMILES string of the molecule is CC(C)(C)CC(C)(C)N=S(=NS(=O)(=O)c1ccc([N+](=O)[O-])cc1)(c1cccc(C#N)c1)N1CCOCC1. The van der Waals surface area contributed by atoms with Crippen LogP contribution in [0.2, 0.25) is 0 Å². The molecule has 37 heavy (non-hydrogen) atoms. The largest absolute Gasteiger partial charge is 0.379 e. The number of sulfonamides is 1. The number of morpholine rings is 1. The van der Waals surface area contributed by atoms with Gasteiger partial charge >= 0.3 is 0 Å². The molecule has 0 bridgehead atoms. The van der Waals surface area contributed by atoms with E-state index in [2.05, 4.69) is 30.6 Å². The Kier molecular flexibility index (Phi) is 8.44. The molecule has 3 rings (SSSR count). The number of nitro groups is 1. The number of rotatable bonds is 7. The van der Waals surface area contributed by atoms with Gasteiger partial charge in [0.05, 0.1) is 40.2 Å². The van der Waals surface area contributed by atoms with E-state index in [9.17, 15) is 23.8 Å². The van der Waals surface area contributed by atoms with Gasteiger partial charge in [-0.1, -0.05) is 26.8 Å². The minimum absolute atomic E-state index is 0.102. The zero-order chi connectivity index (χ0) is 27.5. The molecule has 0 saturated carbocycles. The average molecular weight is 548 g/mol. The third-order valence-corrected chi connectivity index (χ3v) is 10.7. The van der Waals surface area contributed by atoms with Gasteiger partial charge in [-0.2, -0.15) is 13.7 Å². The number of benzene rings is 2. The maximum absolute atomic E-state index is 13.8. The highest BCUT2D eigenvalue weighted by atomic mass is 32.3. The van der Waals surface area contributed by atoms with Crippen molar-refractivity contribution >= 4 is 25.5 Å². The Balaban J connectivity index is 2.42. The van der Waals surface area contributed by atoms with E-state index in [1.54, 1.807) is 24.3 Å². The Morgan fingerprint density at radius 3 is 2.22 bits per heavy atom. The van der Waals surface area contributed by atoms with Crippen LogP contribution < -0.4 is 0 Å². The smallest absolute Gasteiger partial charge is 0.290 e. The summed E-state index contributed by atoms with van der Waals surface area (Å²) in [5.74, 6) is 0. The minimum Gasteiger partial charge on any atom is -0.379 e. The van der Waals surface area contributed by atoms with E-state index >= 15 is 0 Å². The molecular formula is C25H33N5O5S2. The van der Waals surface area contributed by atoms with Gasteiger partial charge in [-0.05, 0) is 56.0 Å². The Hall–Kier alpha value is -2.85. The van der Waals surface area contributed by atoms with Gasteiger partial charge in [0.15, 0.2) is 0 Å². The number of nitro benzene ring substituents is 1. The molecule has 1 aliphatic rings. The number of non-ortho nitro benzene ring substituents is 1. The van der Waals surface area contributed by atoms with Gasteiger partial charge in [0.2, 0.25) is 0 Å². The van der Waals surface area contributed by atoms with Crippen LogP contribution >= 0.6 is 0 Å². The summed E-state index contributed by atoms with van der Waals surface area (Å²) < 4.78 is 44.8. The molecule has 0 amide bonds. The van der Waals surface area contributed by atoms with Crippen LogP contribution in [0.5, 0.6) is 0 Å². The van der Waals surface area contributed by atoms with Crippen LogP contribution in [0.15, 0.2) is 66.5 Å². The first-order valence-corrected chi connectivity index (χ1v) is 14.8. The molecule has 1 fully saturated rings. The molecule has 1 saturated heterocycles. The highest BCUT2D eigenvalue weighted by molar-refractivity contribution is 8.03. The van der Waals surface area contributed by atoms with Gasteiger partial charge in [0, 0.05) is 39.9 Å². The Bertz CT molecular complexity index is 1420. The second-order valence-electron chi connectivity index (χ2n) is 10.6. The lowest BCUT2D eigenvalue weighted by Gasteiger charge is -2.37. The molecule has 1 aliphatic heterocycles. The third-order valence-electron chi connectivity index (χ3n) is 5.49. The normalized spacial score (nSPS) is 16.9. The molecule has 0 radical (unpaired) electrons. The highest BCUT2D eigenvalue weighted by Crippen LogP contribution is 2.35. The third kappa shape index (κ3) is 7.13. The van der Waals surface area contributed by atoms with Crippen molar-refractivity contribution in [2.45, 2.75) is 56.4 Å². The maximum atomic E-state index is 13.8. The van der Waals surface area contributed by atoms with Crippen molar-refractivity contribution in [2.24, 2.45) is 13.5 Å². The van der Waals surface area contributed by atoms with Crippen molar-refractivity contribution in [1.29, 1.82) is 5.26 Å². The zero-order valence-corrected chi connectivity index (χ0v) is 23.4. The second-order valence-corrected chi connectivity index (χ2v) is 14.9.